The molecule has 4 unspecified atom stereocenters. The number of alkyl halides is 3. The van der Waals surface area contributed by atoms with E-state index in [2.05, 4.69) is 5.32 Å². The predicted octanol–water partition coefficient (Wildman–Crippen LogP) is 2.60. The highest BCUT2D eigenvalue weighted by Gasteiger charge is 2.56. The average molecular weight is 699 g/mol. The van der Waals surface area contributed by atoms with Gasteiger partial charge in [-0.1, -0.05) is 60.3 Å². The zero-order valence-electron chi connectivity index (χ0n) is 25.7. The van der Waals surface area contributed by atoms with Crippen molar-refractivity contribution in [1.29, 1.82) is 0 Å². The maximum atomic E-state index is 14.0. The van der Waals surface area contributed by atoms with Gasteiger partial charge < -0.3 is 34.3 Å². The third-order valence-corrected chi connectivity index (χ3v) is 7.92. The smallest absolute Gasteiger partial charge is 0.464 e. The first kappa shape index (κ1) is 37.8. The fraction of sp³-hybridized carbons (Fsp3) is 0.419. The van der Waals surface area contributed by atoms with Gasteiger partial charge in [-0.25, -0.2) is 4.79 Å². The minimum absolute atomic E-state index is 0.0962. The summed E-state index contributed by atoms with van der Waals surface area (Å²) in [5, 5.41) is 3.85. The Balaban J connectivity index is 2.05. The highest BCUT2D eigenvalue weighted by atomic mass is 32.2. The van der Waals surface area contributed by atoms with Crippen molar-refractivity contribution in [3.8, 4) is 0 Å². The van der Waals surface area contributed by atoms with Crippen LogP contribution in [0.2, 0.25) is 0 Å². The van der Waals surface area contributed by atoms with Crippen molar-refractivity contribution in [2.75, 3.05) is 13.2 Å². The second-order valence-electron chi connectivity index (χ2n) is 10.4. The Kier molecular flexibility index (Phi) is 13.8. The molecule has 0 spiro atoms. The molecular formula is C31H33F3N2O11S. The number of ether oxygens (including phenoxy) is 5. The number of rotatable bonds is 15. The van der Waals surface area contributed by atoms with Gasteiger partial charge in [0.15, 0.2) is 0 Å². The summed E-state index contributed by atoms with van der Waals surface area (Å²) in [6, 6.07) is 15.8. The van der Waals surface area contributed by atoms with Gasteiger partial charge in [-0.3, -0.25) is 24.0 Å². The van der Waals surface area contributed by atoms with Gasteiger partial charge in [-0.2, -0.15) is 13.2 Å². The maximum absolute atomic E-state index is 14.0. The quantitative estimate of drug-likeness (QED) is 0.159. The predicted molar refractivity (Wildman–Crippen MR) is 159 cm³/mol. The number of carbonyl (C=O) groups excluding carboxylic acids is 6. The first-order valence-electron chi connectivity index (χ1n) is 14.4. The van der Waals surface area contributed by atoms with Gasteiger partial charge in [0, 0.05) is 31.6 Å². The Bertz CT molecular complexity index is 1430. The van der Waals surface area contributed by atoms with E-state index < -0.39 is 84.8 Å². The molecule has 2 N–H and O–H groups in total. The molecule has 2 aromatic carbocycles. The highest BCUT2D eigenvalue weighted by Crippen LogP contribution is 2.45. The molecular weight excluding hydrogens is 665 g/mol. The van der Waals surface area contributed by atoms with Crippen molar-refractivity contribution in [1.82, 2.24) is 10.6 Å². The largest absolute Gasteiger partial charge is 0.471 e. The van der Waals surface area contributed by atoms with E-state index in [1.54, 1.807) is 60.7 Å². The number of hydrogen-bond donors (Lipinski definition) is 2. The lowest BCUT2D eigenvalue weighted by atomic mass is 9.91. The van der Waals surface area contributed by atoms with Crippen molar-refractivity contribution in [3.63, 3.8) is 0 Å². The standard InChI is InChI=1S/C31H33F3N2O11S/c1-19(38)45-22(17-43-18-37)13-24-27(36-26(40)15-35-28(41)31(32,33)34)25(46-20(2)39)14-30(47-24,48-23-11-7-4-8-12-23)29(42)44-16-21-9-5-3-6-10-21/h3-12,18,22,24-25,27H,13-17H2,1-2H3,(H,35,41)(H,36,40)/t22?,24?,25-,27?,30?/m1/s1. The summed E-state index contributed by atoms with van der Waals surface area (Å²) in [6.45, 7) is 0.451. The van der Waals surface area contributed by atoms with E-state index >= 15 is 0 Å². The summed E-state index contributed by atoms with van der Waals surface area (Å²) < 4.78 is 65.9. The molecule has 1 heterocycles. The minimum atomic E-state index is -5.26. The Morgan fingerprint density at radius 1 is 1.02 bits per heavy atom. The summed E-state index contributed by atoms with van der Waals surface area (Å²) >= 11 is 0.909. The zero-order chi connectivity index (χ0) is 35.3. The number of thioether (sulfide) groups is 1. The van der Waals surface area contributed by atoms with Gasteiger partial charge in [0.05, 0.1) is 18.7 Å². The van der Waals surface area contributed by atoms with Crippen LogP contribution in [0.15, 0.2) is 65.6 Å². The number of benzene rings is 2. The van der Waals surface area contributed by atoms with Crippen LogP contribution >= 0.6 is 11.8 Å². The number of amides is 2. The summed E-state index contributed by atoms with van der Waals surface area (Å²) in [6.07, 6.45) is -10.1. The summed E-state index contributed by atoms with van der Waals surface area (Å²) in [5.74, 6) is -6.04. The van der Waals surface area contributed by atoms with Gasteiger partial charge in [-0.15, -0.1) is 0 Å². The fourth-order valence-electron chi connectivity index (χ4n) is 4.75. The van der Waals surface area contributed by atoms with E-state index in [0.717, 1.165) is 25.6 Å². The zero-order valence-corrected chi connectivity index (χ0v) is 26.5. The van der Waals surface area contributed by atoms with E-state index in [9.17, 15) is 41.9 Å². The Hall–Kier alpha value is -4.64. The molecule has 1 fully saturated rings. The molecule has 0 aliphatic carbocycles. The van der Waals surface area contributed by atoms with Crippen molar-refractivity contribution in [3.05, 3.63) is 66.2 Å². The third kappa shape index (κ3) is 11.6. The molecule has 260 valence electrons. The topological polar surface area (TPSA) is 173 Å². The van der Waals surface area contributed by atoms with E-state index in [0.29, 0.717) is 10.5 Å². The van der Waals surface area contributed by atoms with Crippen molar-refractivity contribution < 1.29 is 65.6 Å². The Morgan fingerprint density at radius 3 is 2.25 bits per heavy atom. The third-order valence-electron chi connectivity index (χ3n) is 6.65. The van der Waals surface area contributed by atoms with Crippen LogP contribution < -0.4 is 10.6 Å². The molecule has 17 heteroatoms. The first-order valence-corrected chi connectivity index (χ1v) is 15.2. The van der Waals surface area contributed by atoms with E-state index in [-0.39, 0.29) is 19.5 Å². The molecule has 48 heavy (non-hydrogen) atoms. The number of carbonyl (C=O) groups is 6. The summed E-state index contributed by atoms with van der Waals surface area (Å²) in [4.78, 5) is 71.9. The van der Waals surface area contributed by atoms with Crippen molar-refractivity contribution in [2.24, 2.45) is 0 Å². The number of hydrogen-bond acceptors (Lipinski definition) is 12. The molecule has 2 amide bonds. The van der Waals surface area contributed by atoms with Crippen LogP contribution in [0, 0.1) is 0 Å². The average Bonchev–Trinajstić information content (AvgIpc) is 3.02. The second kappa shape index (κ2) is 17.5. The molecule has 13 nitrogen and oxygen atoms in total. The monoisotopic (exact) mass is 698 g/mol. The first-order chi connectivity index (χ1) is 22.7. The lowest BCUT2D eigenvalue weighted by molar-refractivity contribution is -0.199. The van der Waals surface area contributed by atoms with Crippen molar-refractivity contribution >= 4 is 48.0 Å². The van der Waals surface area contributed by atoms with Crippen LogP contribution in [-0.2, 0) is 59.1 Å². The molecule has 1 aliphatic heterocycles. The van der Waals surface area contributed by atoms with Crippen LogP contribution in [0.25, 0.3) is 0 Å². The Morgan fingerprint density at radius 2 is 1.67 bits per heavy atom. The maximum Gasteiger partial charge on any atom is 0.471 e. The molecule has 5 atom stereocenters. The molecule has 0 radical (unpaired) electrons. The molecule has 2 aromatic rings. The lowest BCUT2D eigenvalue weighted by Crippen LogP contribution is -2.64. The molecule has 3 rings (SSSR count). The number of nitrogens with one attached hydrogen (secondary N) is 2. The van der Waals surface area contributed by atoms with E-state index in [1.165, 1.54) is 5.32 Å². The van der Waals surface area contributed by atoms with Crippen LogP contribution in [-0.4, -0.2) is 84.8 Å². The molecule has 1 aliphatic rings. The van der Waals surface area contributed by atoms with Gasteiger partial charge in [0.25, 0.3) is 6.47 Å². The number of esters is 3. The van der Waals surface area contributed by atoms with Crippen LogP contribution in [0.1, 0.15) is 32.3 Å². The molecule has 0 aromatic heterocycles. The van der Waals surface area contributed by atoms with Crippen molar-refractivity contribution in [2.45, 2.75) is 73.7 Å². The van der Waals surface area contributed by atoms with Crippen LogP contribution in [0.3, 0.4) is 0 Å². The fourth-order valence-corrected chi connectivity index (χ4v) is 5.98. The van der Waals surface area contributed by atoms with Gasteiger partial charge in [0.2, 0.25) is 10.8 Å². The van der Waals surface area contributed by atoms with Crippen LogP contribution in [0.4, 0.5) is 13.2 Å². The lowest BCUT2D eigenvalue weighted by Gasteiger charge is -2.47. The minimum Gasteiger partial charge on any atom is -0.464 e. The van der Waals surface area contributed by atoms with Gasteiger partial charge in [-0.05, 0) is 17.7 Å². The molecule has 0 saturated carbocycles. The van der Waals surface area contributed by atoms with Crippen LogP contribution in [0.5, 0.6) is 0 Å². The highest BCUT2D eigenvalue weighted by molar-refractivity contribution is 8.01. The van der Waals surface area contributed by atoms with Gasteiger partial charge >= 0.3 is 30.0 Å². The molecule has 0 bridgehead atoms. The Labute approximate surface area is 277 Å². The van der Waals surface area contributed by atoms with E-state index in [4.69, 9.17) is 23.7 Å². The number of halogens is 3. The summed E-state index contributed by atoms with van der Waals surface area (Å²) in [7, 11) is 0. The second-order valence-corrected chi connectivity index (χ2v) is 11.7. The van der Waals surface area contributed by atoms with E-state index in [1.807, 2.05) is 0 Å². The van der Waals surface area contributed by atoms with Gasteiger partial charge in [0.1, 0.15) is 25.4 Å². The summed E-state index contributed by atoms with van der Waals surface area (Å²) in [5.41, 5.74) is 0.640. The SMILES string of the molecule is CC(=O)OC(COC=O)CC1OC(Sc2ccccc2)(C(=O)OCc2ccccc2)C[C@@H](OC(C)=O)C1NC(=O)CNC(=O)C(F)(F)F. The molecule has 1 saturated heterocycles. The normalized spacial score (nSPS) is 21.1.